The number of rotatable bonds is 3. The Balaban J connectivity index is 2.29. The Morgan fingerprint density at radius 1 is 1.53 bits per heavy atom. The largest absolute Gasteiger partial charge is 0.391 e. The highest BCUT2D eigenvalue weighted by Crippen LogP contribution is 2.17. The number of aliphatic hydroxyl groups is 1. The molecule has 1 atom stereocenters. The SMILES string of the molecule is CNS(=O)(=O)c1cc(C(=O)N2CC[C@@H](O)C2)n(C)c1. The van der Waals surface area contributed by atoms with Crippen LogP contribution in [0.2, 0.25) is 0 Å². The Bertz CT molecular complexity index is 593. The Morgan fingerprint density at radius 3 is 2.74 bits per heavy atom. The molecular weight excluding hydrogens is 270 g/mol. The summed E-state index contributed by atoms with van der Waals surface area (Å²) in [6, 6.07) is 1.35. The Kier molecular flexibility index (Phi) is 3.66. The van der Waals surface area contributed by atoms with Gasteiger partial charge >= 0.3 is 0 Å². The predicted octanol–water partition coefficient (Wildman–Crippen LogP) is -0.860. The highest BCUT2D eigenvalue weighted by atomic mass is 32.2. The normalized spacial score (nSPS) is 19.9. The second-order valence-corrected chi connectivity index (χ2v) is 6.46. The lowest BCUT2D eigenvalue weighted by Gasteiger charge is -2.15. The molecule has 8 heteroatoms. The van der Waals surface area contributed by atoms with Crippen LogP contribution in [0, 0.1) is 0 Å². The van der Waals surface area contributed by atoms with Crippen molar-refractivity contribution < 1.29 is 18.3 Å². The fourth-order valence-electron chi connectivity index (χ4n) is 2.10. The molecule has 0 saturated carbocycles. The lowest BCUT2D eigenvalue weighted by molar-refractivity contribution is 0.0755. The van der Waals surface area contributed by atoms with Gasteiger partial charge in [-0.05, 0) is 19.5 Å². The number of sulfonamides is 1. The summed E-state index contributed by atoms with van der Waals surface area (Å²) < 4.78 is 27.0. The average molecular weight is 287 g/mol. The van der Waals surface area contributed by atoms with Gasteiger partial charge in [-0.2, -0.15) is 0 Å². The first-order valence-electron chi connectivity index (χ1n) is 5.92. The van der Waals surface area contributed by atoms with E-state index in [1.807, 2.05) is 0 Å². The number of aromatic nitrogens is 1. The first kappa shape index (κ1) is 14.0. The molecule has 0 radical (unpaired) electrons. The van der Waals surface area contributed by atoms with Crippen LogP contribution in [0.5, 0.6) is 0 Å². The minimum absolute atomic E-state index is 0.0561. The van der Waals surface area contributed by atoms with Gasteiger partial charge in [-0.15, -0.1) is 0 Å². The van der Waals surface area contributed by atoms with Crippen LogP contribution in [0.3, 0.4) is 0 Å². The molecule has 0 spiro atoms. The van der Waals surface area contributed by atoms with Gasteiger partial charge in [0.2, 0.25) is 10.0 Å². The van der Waals surface area contributed by atoms with Crippen LogP contribution in [0.15, 0.2) is 17.2 Å². The van der Waals surface area contributed by atoms with Crippen molar-refractivity contribution in [1.29, 1.82) is 0 Å². The standard InChI is InChI=1S/C11H17N3O4S/c1-12-19(17,18)9-5-10(13(2)7-9)11(16)14-4-3-8(15)6-14/h5,7-8,12,15H,3-4,6H2,1-2H3/t8-/m1/s1. The molecule has 1 saturated heterocycles. The van der Waals surface area contributed by atoms with Crippen LogP contribution in [-0.2, 0) is 17.1 Å². The molecule has 19 heavy (non-hydrogen) atoms. The molecule has 1 aromatic rings. The third-order valence-corrected chi connectivity index (χ3v) is 4.61. The Labute approximate surface area is 111 Å². The molecule has 1 aromatic heterocycles. The van der Waals surface area contributed by atoms with Crippen molar-refractivity contribution in [2.75, 3.05) is 20.1 Å². The topological polar surface area (TPSA) is 91.6 Å². The summed E-state index contributed by atoms with van der Waals surface area (Å²) in [5.41, 5.74) is 0.294. The van der Waals surface area contributed by atoms with Gasteiger partial charge in [0.05, 0.1) is 6.10 Å². The Morgan fingerprint density at radius 2 is 2.21 bits per heavy atom. The number of likely N-dealkylation sites (tertiary alicyclic amines) is 1. The second-order valence-electron chi connectivity index (χ2n) is 4.57. The molecule has 2 rings (SSSR count). The molecule has 0 aromatic carbocycles. The second kappa shape index (κ2) is 4.95. The number of carbonyl (C=O) groups excluding carboxylic acids is 1. The van der Waals surface area contributed by atoms with E-state index in [1.165, 1.54) is 28.8 Å². The van der Waals surface area contributed by atoms with E-state index in [-0.39, 0.29) is 17.3 Å². The minimum Gasteiger partial charge on any atom is -0.391 e. The number of nitrogens with zero attached hydrogens (tertiary/aromatic N) is 2. The molecule has 2 N–H and O–H groups in total. The molecule has 1 fully saturated rings. The van der Waals surface area contributed by atoms with Gasteiger partial charge in [0.25, 0.3) is 5.91 Å². The molecule has 0 bridgehead atoms. The first-order valence-corrected chi connectivity index (χ1v) is 7.40. The van der Waals surface area contributed by atoms with Crippen LogP contribution in [-0.4, -0.2) is 55.1 Å². The number of hydrogen-bond acceptors (Lipinski definition) is 4. The van der Waals surface area contributed by atoms with Crippen LogP contribution in [0.1, 0.15) is 16.9 Å². The summed E-state index contributed by atoms with van der Waals surface area (Å²) in [6.45, 7) is 0.775. The van der Waals surface area contributed by atoms with Crippen molar-refractivity contribution >= 4 is 15.9 Å². The molecule has 2 heterocycles. The highest BCUT2D eigenvalue weighted by Gasteiger charge is 2.28. The summed E-state index contributed by atoms with van der Waals surface area (Å²) in [4.78, 5) is 13.8. The van der Waals surface area contributed by atoms with Gasteiger partial charge in [-0.3, -0.25) is 4.79 Å². The number of amides is 1. The summed E-state index contributed by atoms with van der Waals surface area (Å²) in [5.74, 6) is -0.267. The fraction of sp³-hybridized carbons (Fsp3) is 0.545. The molecule has 0 aliphatic carbocycles. The molecule has 7 nitrogen and oxygen atoms in total. The summed E-state index contributed by atoms with van der Waals surface area (Å²) >= 11 is 0. The van der Waals surface area contributed by atoms with Gasteiger partial charge in [0, 0.05) is 26.3 Å². The first-order chi connectivity index (χ1) is 8.85. The van der Waals surface area contributed by atoms with E-state index >= 15 is 0 Å². The van der Waals surface area contributed by atoms with E-state index in [9.17, 15) is 18.3 Å². The molecule has 0 unspecified atom stereocenters. The lowest BCUT2D eigenvalue weighted by atomic mass is 10.3. The molecular formula is C11H17N3O4S. The van der Waals surface area contributed by atoms with Gasteiger partial charge in [-0.25, -0.2) is 13.1 Å². The van der Waals surface area contributed by atoms with E-state index in [0.717, 1.165) is 0 Å². The maximum atomic E-state index is 12.2. The van der Waals surface area contributed by atoms with E-state index in [4.69, 9.17) is 0 Å². The zero-order valence-electron chi connectivity index (χ0n) is 10.8. The third-order valence-electron chi connectivity index (χ3n) is 3.23. The maximum absolute atomic E-state index is 12.2. The summed E-state index contributed by atoms with van der Waals surface area (Å²) in [5, 5.41) is 9.43. The number of carbonyl (C=O) groups is 1. The summed E-state index contributed by atoms with van der Waals surface area (Å²) in [7, 11) is -0.619. The van der Waals surface area contributed by atoms with Crippen molar-refractivity contribution in [1.82, 2.24) is 14.2 Å². The van der Waals surface area contributed by atoms with E-state index in [1.54, 1.807) is 7.05 Å². The van der Waals surface area contributed by atoms with E-state index < -0.39 is 16.1 Å². The minimum atomic E-state index is -3.56. The maximum Gasteiger partial charge on any atom is 0.270 e. The zero-order valence-corrected chi connectivity index (χ0v) is 11.6. The van der Waals surface area contributed by atoms with Gasteiger partial charge in [0.1, 0.15) is 10.6 Å². The van der Waals surface area contributed by atoms with Gasteiger partial charge in [-0.1, -0.05) is 0 Å². The molecule has 1 amide bonds. The number of aliphatic hydroxyl groups excluding tert-OH is 1. The smallest absolute Gasteiger partial charge is 0.270 e. The number of nitrogens with one attached hydrogen (secondary N) is 1. The molecule has 1 aliphatic heterocycles. The van der Waals surface area contributed by atoms with Crippen LogP contribution in [0.25, 0.3) is 0 Å². The monoisotopic (exact) mass is 287 g/mol. The lowest BCUT2D eigenvalue weighted by Crippen LogP contribution is -2.30. The molecule has 106 valence electrons. The van der Waals surface area contributed by atoms with E-state index in [0.29, 0.717) is 18.7 Å². The van der Waals surface area contributed by atoms with Crippen molar-refractivity contribution in [3.8, 4) is 0 Å². The number of β-amino-alcohol motifs (C(OH)–C–C–N with tert-alkyl or cyclic N) is 1. The highest BCUT2D eigenvalue weighted by molar-refractivity contribution is 7.89. The predicted molar refractivity (Wildman–Crippen MR) is 68.2 cm³/mol. The van der Waals surface area contributed by atoms with Crippen LogP contribution < -0.4 is 4.72 Å². The number of aryl methyl sites for hydroxylation is 1. The average Bonchev–Trinajstić information content (AvgIpc) is 2.95. The third kappa shape index (κ3) is 2.65. The fourth-order valence-corrected chi connectivity index (χ4v) is 2.90. The van der Waals surface area contributed by atoms with Crippen LogP contribution in [0.4, 0.5) is 0 Å². The molecule has 1 aliphatic rings. The summed E-state index contributed by atoms with van der Waals surface area (Å²) in [6.07, 6.45) is 1.45. The Hall–Kier alpha value is -1.38. The van der Waals surface area contributed by atoms with Crippen molar-refractivity contribution in [3.63, 3.8) is 0 Å². The van der Waals surface area contributed by atoms with Crippen LogP contribution >= 0.6 is 0 Å². The van der Waals surface area contributed by atoms with E-state index in [2.05, 4.69) is 4.72 Å². The van der Waals surface area contributed by atoms with Gasteiger partial charge < -0.3 is 14.6 Å². The van der Waals surface area contributed by atoms with Crippen molar-refractivity contribution in [2.45, 2.75) is 17.4 Å². The van der Waals surface area contributed by atoms with Gasteiger partial charge in [0.15, 0.2) is 0 Å². The van der Waals surface area contributed by atoms with Crippen molar-refractivity contribution in [3.05, 3.63) is 18.0 Å². The quantitative estimate of drug-likeness (QED) is 0.757. The number of hydrogen-bond donors (Lipinski definition) is 2. The zero-order chi connectivity index (χ0) is 14.2. The van der Waals surface area contributed by atoms with Crippen molar-refractivity contribution in [2.24, 2.45) is 7.05 Å².